The predicted octanol–water partition coefficient (Wildman–Crippen LogP) is 0.940. The number of hydrogen-bond donors (Lipinski definition) is 2. The maximum Gasteiger partial charge on any atom is 0.337 e. The minimum atomic E-state index is -4.48. The number of aromatic carboxylic acids is 1. The van der Waals surface area contributed by atoms with Gasteiger partial charge in [0.25, 0.3) is 10.1 Å². The number of aryl methyl sites for hydroxylation is 1. The van der Waals surface area contributed by atoms with Gasteiger partial charge in [0.15, 0.2) is 0 Å². The molecular formula is C8H8O5S. The molecule has 1 aromatic carbocycles. The van der Waals surface area contributed by atoms with Crippen molar-refractivity contribution in [2.24, 2.45) is 0 Å². The second-order valence-corrected chi connectivity index (χ2v) is 4.17. The first kappa shape index (κ1) is 10.7. The van der Waals surface area contributed by atoms with Crippen molar-refractivity contribution in [1.29, 1.82) is 0 Å². The van der Waals surface area contributed by atoms with Crippen LogP contribution in [0.3, 0.4) is 0 Å². The molecule has 2 N–H and O–H groups in total. The smallest absolute Gasteiger partial charge is 0.337 e. The summed E-state index contributed by atoms with van der Waals surface area (Å²) >= 11 is 0. The second kappa shape index (κ2) is 3.39. The van der Waals surface area contributed by atoms with Crippen LogP contribution in [0.1, 0.15) is 15.9 Å². The highest BCUT2D eigenvalue weighted by atomic mass is 32.2. The Morgan fingerprint density at radius 3 is 2.36 bits per heavy atom. The summed E-state index contributed by atoms with van der Waals surface area (Å²) in [6, 6.07) is 3.66. The van der Waals surface area contributed by atoms with Gasteiger partial charge in [-0.15, -0.1) is 0 Å². The molecule has 0 aliphatic heterocycles. The molecule has 0 saturated carbocycles. The van der Waals surface area contributed by atoms with E-state index < -0.39 is 26.5 Å². The minimum absolute atomic E-state index is 0.424. The predicted molar refractivity (Wildman–Crippen MR) is 48.0 cm³/mol. The van der Waals surface area contributed by atoms with Crippen LogP contribution in [-0.2, 0) is 10.1 Å². The number of hydrogen-bond acceptors (Lipinski definition) is 3. The SMILES string of the molecule is Cc1ccc(S(=O)(=O)O)c(C(=O)O)c1. The number of benzene rings is 1. The monoisotopic (exact) mass is 216 g/mol. The Bertz CT molecular complexity index is 475. The van der Waals surface area contributed by atoms with Crippen LogP contribution >= 0.6 is 0 Å². The van der Waals surface area contributed by atoms with Gasteiger partial charge in [-0.2, -0.15) is 8.42 Å². The molecule has 0 heterocycles. The normalized spacial score (nSPS) is 11.3. The molecule has 0 atom stereocenters. The van der Waals surface area contributed by atoms with E-state index in [0.29, 0.717) is 5.56 Å². The number of rotatable bonds is 2. The highest BCUT2D eigenvalue weighted by Crippen LogP contribution is 2.16. The summed E-state index contributed by atoms with van der Waals surface area (Å²) in [5.74, 6) is -1.39. The third-order valence-electron chi connectivity index (χ3n) is 1.64. The lowest BCUT2D eigenvalue weighted by Crippen LogP contribution is -2.08. The van der Waals surface area contributed by atoms with Crippen LogP contribution in [0.2, 0.25) is 0 Å². The van der Waals surface area contributed by atoms with Gasteiger partial charge in [0.2, 0.25) is 0 Å². The van der Waals surface area contributed by atoms with Crippen molar-refractivity contribution in [1.82, 2.24) is 0 Å². The van der Waals surface area contributed by atoms with E-state index in [9.17, 15) is 13.2 Å². The van der Waals surface area contributed by atoms with E-state index in [-0.39, 0.29) is 0 Å². The zero-order chi connectivity index (χ0) is 10.9. The molecule has 76 valence electrons. The summed E-state index contributed by atoms with van der Waals surface area (Å²) in [4.78, 5) is 10.1. The zero-order valence-electron chi connectivity index (χ0n) is 7.26. The molecule has 1 rings (SSSR count). The molecule has 0 unspecified atom stereocenters. The van der Waals surface area contributed by atoms with Gasteiger partial charge in [-0.1, -0.05) is 11.6 Å². The van der Waals surface area contributed by atoms with E-state index in [2.05, 4.69) is 0 Å². The molecule has 0 spiro atoms. The Balaban J connectivity index is 3.53. The van der Waals surface area contributed by atoms with Gasteiger partial charge < -0.3 is 5.11 Å². The molecule has 0 radical (unpaired) electrons. The van der Waals surface area contributed by atoms with Crippen molar-refractivity contribution in [3.63, 3.8) is 0 Å². The largest absolute Gasteiger partial charge is 0.478 e. The molecule has 6 heteroatoms. The van der Waals surface area contributed by atoms with Crippen LogP contribution in [0.15, 0.2) is 23.1 Å². The second-order valence-electron chi connectivity index (χ2n) is 2.78. The molecule has 0 fully saturated rings. The fourth-order valence-corrected chi connectivity index (χ4v) is 1.70. The highest BCUT2D eigenvalue weighted by molar-refractivity contribution is 7.86. The van der Waals surface area contributed by atoms with Crippen molar-refractivity contribution >= 4 is 16.1 Å². The molecule has 0 aliphatic rings. The zero-order valence-corrected chi connectivity index (χ0v) is 8.08. The quantitative estimate of drug-likeness (QED) is 0.718. The van der Waals surface area contributed by atoms with Gasteiger partial charge in [0, 0.05) is 0 Å². The molecule has 1 aromatic rings. The van der Waals surface area contributed by atoms with Crippen molar-refractivity contribution in [2.75, 3.05) is 0 Å². The average Bonchev–Trinajstić information content (AvgIpc) is 2.01. The van der Waals surface area contributed by atoms with Crippen LogP contribution in [0, 0.1) is 6.92 Å². The van der Waals surface area contributed by atoms with E-state index in [1.54, 1.807) is 6.92 Å². The Kier molecular flexibility index (Phi) is 2.59. The molecule has 0 aromatic heterocycles. The molecule has 0 bridgehead atoms. The first-order chi connectivity index (χ1) is 6.32. The Morgan fingerprint density at radius 2 is 1.93 bits per heavy atom. The molecule has 0 saturated heterocycles. The fraction of sp³-hybridized carbons (Fsp3) is 0.125. The molecule has 5 nitrogen and oxygen atoms in total. The third kappa shape index (κ3) is 2.09. The van der Waals surface area contributed by atoms with Crippen LogP contribution in [0.5, 0.6) is 0 Å². The fourth-order valence-electron chi connectivity index (χ4n) is 1.04. The number of carbonyl (C=O) groups is 1. The third-order valence-corrected chi connectivity index (χ3v) is 2.56. The van der Waals surface area contributed by atoms with Crippen molar-refractivity contribution in [3.8, 4) is 0 Å². The Labute approximate surface area is 80.7 Å². The van der Waals surface area contributed by atoms with Crippen molar-refractivity contribution in [3.05, 3.63) is 29.3 Å². The summed E-state index contributed by atoms with van der Waals surface area (Å²) in [6.45, 7) is 1.63. The lowest BCUT2D eigenvalue weighted by atomic mass is 10.1. The Hall–Kier alpha value is -1.40. The van der Waals surface area contributed by atoms with E-state index in [1.165, 1.54) is 12.1 Å². The summed E-state index contributed by atoms with van der Waals surface area (Å²) in [6.07, 6.45) is 0. The van der Waals surface area contributed by atoms with Gasteiger partial charge in [0.05, 0.1) is 5.56 Å². The van der Waals surface area contributed by atoms with E-state index in [0.717, 1.165) is 6.07 Å². The summed E-state index contributed by atoms with van der Waals surface area (Å²) in [5, 5.41) is 8.68. The van der Waals surface area contributed by atoms with E-state index in [4.69, 9.17) is 9.66 Å². The summed E-state index contributed by atoms with van der Waals surface area (Å²) < 4.78 is 30.2. The first-order valence-electron chi connectivity index (χ1n) is 3.64. The van der Waals surface area contributed by atoms with Gasteiger partial charge >= 0.3 is 5.97 Å². The molecule has 14 heavy (non-hydrogen) atoms. The van der Waals surface area contributed by atoms with Crippen LogP contribution in [-0.4, -0.2) is 24.0 Å². The average molecular weight is 216 g/mol. The summed E-state index contributed by atoms with van der Waals surface area (Å²) in [7, 11) is -4.48. The van der Waals surface area contributed by atoms with Crippen LogP contribution in [0.4, 0.5) is 0 Å². The topological polar surface area (TPSA) is 91.7 Å². The minimum Gasteiger partial charge on any atom is -0.478 e. The standard InChI is InChI=1S/C8H8O5S/c1-5-2-3-7(14(11,12)13)6(4-5)8(9)10/h2-4H,1H3,(H,9,10)(H,11,12,13). The molecule has 0 aliphatic carbocycles. The summed E-state index contributed by atoms with van der Waals surface area (Å²) in [5.41, 5.74) is 0.183. The van der Waals surface area contributed by atoms with Gasteiger partial charge in [-0.05, 0) is 19.1 Å². The van der Waals surface area contributed by atoms with Crippen molar-refractivity contribution in [2.45, 2.75) is 11.8 Å². The lowest BCUT2D eigenvalue weighted by molar-refractivity contribution is 0.0692. The molecular weight excluding hydrogens is 208 g/mol. The van der Waals surface area contributed by atoms with Crippen LogP contribution < -0.4 is 0 Å². The lowest BCUT2D eigenvalue weighted by Gasteiger charge is -2.03. The van der Waals surface area contributed by atoms with Crippen molar-refractivity contribution < 1.29 is 22.9 Å². The Morgan fingerprint density at radius 1 is 1.36 bits per heavy atom. The molecule has 0 amide bonds. The van der Waals surface area contributed by atoms with E-state index in [1.807, 2.05) is 0 Å². The van der Waals surface area contributed by atoms with Crippen LogP contribution in [0.25, 0.3) is 0 Å². The number of carboxylic acids is 1. The van der Waals surface area contributed by atoms with Gasteiger partial charge in [-0.3, -0.25) is 4.55 Å². The maximum absolute atomic E-state index is 10.8. The first-order valence-corrected chi connectivity index (χ1v) is 5.08. The van der Waals surface area contributed by atoms with Gasteiger partial charge in [0.1, 0.15) is 4.90 Å². The van der Waals surface area contributed by atoms with E-state index >= 15 is 0 Å². The van der Waals surface area contributed by atoms with Gasteiger partial charge in [-0.25, -0.2) is 4.79 Å². The maximum atomic E-state index is 10.8. The number of carboxylic acid groups (broad SMARTS) is 1. The highest BCUT2D eigenvalue weighted by Gasteiger charge is 2.19.